The normalized spacial score (nSPS) is 37.1. The molecular weight excluding hydrogens is 666 g/mol. The number of hydrogen-bond donors (Lipinski definition) is 7. The second-order valence-electron chi connectivity index (χ2n) is 10.3. The molecule has 248 valence electrons. The SMILES string of the molecule is Nc1nc2c(ncn2[C@@H]2O[C@@H]3COP(=O)(O)O[C@H]4[C@@H](O)[C@H](n5cnc6c(=O)[nH]c(N)nc65)O[C@@H]4COP(=O)([O-])O[C@H]3[C@H]2O)c(=O)[nH]1. The van der Waals surface area contributed by atoms with E-state index in [0.29, 0.717) is 0 Å². The van der Waals surface area contributed by atoms with Crippen molar-refractivity contribution in [1.29, 1.82) is 0 Å². The highest BCUT2D eigenvalue weighted by Gasteiger charge is 2.53. The average molecular weight is 689 g/mol. The zero-order chi connectivity index (χ0) is 32.7. The van der Waals surface area contributed by atoms with Gasteiger partial charge in [0, 0.05) is 0 Å². The number of ether oxygens (including phenoxy) is 2. The summed E-state index contributed by atoms with van der Waals surface area (Å²) in [5.41, 5.74) is 9.19. The average Bonchev–Trinajstić information content (AvgIpc) is 3.72. The van der Waals surface area contributed by atoms with Crippen molar-refractivity contribution in [2.24, 2.45) is 0 Å². The van der Waals surface area contributed by atoms with Crippen LogP contribution in [0.5, 0.6) is 0 Å². The van der Waals surface area contributed by atoms with Crippen LogP contribution < -0.4 is 27.5 Å². The van der Waals surface area contributed by atoms with E-state index >= 15 is 0 Å². The molecule has 7 rings (SSSR count). The summed E-state index contributed by atoms with van der Waals surface area (Å²) in [5.74, 6) is -0.580. The Hall–Kier alpha value is -3.64. The van der Waals surface area contributed by atoms with E-state index in [9.17, 15) is 38.7 Å². The van der Waals surface area contributed by atoms with Gasteiger partial charge in [0.1, 0.15) is 36.6 Å². The zero-order valence-corrected chi connectivity index (χ0v) is 24.5. The Kier molecular flexibility index (Phi) is 7.39. The number of nitrogens with two attached hydrogens (primary N) is 2. The zero-order valence-electron chi connectivity index (χ0n) is 22.8. The van der Waals surface area contributed by atoms with Gasteiger partial charge in [0.15, 0.2) is 34.8 Å². The molecule has 46 heavy (non-hydrogen) atoms. The number of H-pyrrole nitrogens is 2. The molecule has 7 heterocycles. The van der Waals surface area contributed by atoms with Gasteiger partial charge >= 0.3 is 7.82 Å². The number of phosphoric acid groups is 2. The Morgan fingerprint density at radius 3 is 1.78 bits per heavy atom. The molecule has 2 unspecified atom stereocenters. The van der Waals surface area contributed by atoms with Crippen LogP contribution in [0.3, 0.4) is 0 Å². The van der Waals surface area contributed by atoms with Crippen molar-refractivity contribution in [2.45, 2.75) is 49.1 Å². The number of aromatic nitrogens is 8. The molecule has 0 spiro atoms. The highest BCUT2D eigenvalue weighted by atomic mass is 31.2. The van der Waals surface area contributed by atoms with E-state index in [1.165, 1.54) is 0 Å². The number of fused-ring (bicyclic) bond motifs is 4. The van der Waals surface area contributed by atoms with Crippen LogP contribution >= 0.6 is 15.6 Å². The molecule has 24 nitrogen and oxygen atoms in total. The van der Waals surface area contributed by atoms with E-state index in [-0.39, 0.29) is 34.2 Å². The summed E-state index contributed by atoms with van der Waals surface area (Å²) in [6.45, 7) is -1.83. The first-order chi connectivity index (χ1) is 21.7. The molecule has 3 aliphatic rings. The Morgan fingerprint density at radius 2 is 1.28 bits per heavy atom. The molecule has 0 amide bonds. The summed E-state index contributed by atoms with van der Waals surface area (Å²) in [7, 11) is -10.5. The number of nitrogens with zero attached hydrogens (tertiary/aromatic N) is 6. The van der Waals surface area contributed by atoms with Gasteiger partial charge in [-0.05, 0) is 0 Å². The van der Waals surface area contributed by atoms with Gasteiger partial charge in [-0.2, -0.15) is 9.97 Å². The molecule has 26 heteroatoms. The molecule has 0 aliphatic carbocycles. The minimum Gasteiger partial charge on any atom is -0.756 e. The van der Waals surface area contributed by atoms with Crippen LogP contribution in [0.4, 0.5) is 11.9 Å². The minimum absolute atomic E-state index is 0.133. The molecule has 10 atom stereocenters. The van der Waals surface area contributed by atoms with E-state index < -0.39 is 89.1 Å². The lowest BCUT2D eigenvalue weighted by molar-refractivity contribution is -0.236. The van der Waals surface area contributed by atoms with Crippen LogP contribution in [0.25, 0.3) is 22.3 Å². The minimum atomic E-state index is -5.35. The summed E-state index contributed by atoms with van der Waals surface area (Å²) in [6, 6.07) is 0. The highest BCUT2D eigenvalue weighted by Crippen LogP contribution is 2.52. The van der Waals surface area contributed by atoms with Gasteiger partial charge < -0.3 is 50.0 Å². The summed E-state index contributed by atoms with van der Waals surface area (Å²) in [5, 5.41) is 22.2. The standard InChI is InChI=1S/C20H24N10O14P2/c21-19-25-13-7(15(33)27-19)23-3-29(13)17-9(31)11-5(41-17)1-39-45(35,36)44-12-6(2-40-46(37,38)43-11)42-18(10(12)32)30-4-24-8-14(30)26-20(22)28-16(8)34/h3-6,9-12,17-18,31-32H,1-2H2,(H,35,36)(H,37,38)(H3,21,25,27,33)(H3,22,26,28,34)/p-1/t5-,6-,9-,10-,11-,12-,17-,18-/m1/s1. The maximum absolute atomic E-state index is 13.1. The van der Waals surface area contributed by atoms with Gasteiger partial charge in [0.05, 0.1) is 25.9 Å². The largest absolute Gasteiger partial charge is 0.756 e. The quantitative estimate of drug-likeness (QED) is 0.0996. The molecule has 0 saturated carbocycles. The fourth-order valence-electron chi connectivity index (χ4n) is 5.38. The number of phosphoric ester groups is 2. The van der Waals surface area contributed by atoms with Crippen molar-refractivity contribution >= 4 is 49.9 Å². The number of nitrogen functional groups attached to an aromatic ring is 2. The summed E-state index contributed by atoms with van der Waals surface area (Å²) in [6.07, 6.45) is -11.2. The smallest absolute Gasteiger partial charge is 0.472 e. The molecule has 4 aromatic heterocycles. The van der Waals surface area contributed by atoms with Gasteiger partial charge in [-0.15, -0.1) is 0 Å². The van der Waals surface area contributed by atoms with Crippen molar-refractivity contribution in [1.82, 2.24) is 39.0 Å². The first kappa shape index (κ1) is 31.0. The monoisotopic (exact) mass is 689 g/mol. The number of imidazole rings is 2. The van der Waals surface area contributed by atoms with Crippen LogP contribution in [0, 0.1) is 0 Å². The predicted molar refractivity (Wildman–Crippen MR) is 144 cm³/mol. The van der Waals surface area contributed by atoms with Gasteiger partial charge in [-0.3, -0.25) is 42.3 Å². The lowest BCUT2D eigenvalue weighted by atomic mass is 10.1. The van der Waals surface area contributed by atoms with Gasteiger partial charge in [0.2, 0.25) is 11.9 Å². The molecule has 4 aromatic rings. The third-order valence-electron chi connectivity index (χ3n) is 7.37. The predicted octanol–water partition coefficient (Wildman–Crippen LogP) is -3.68. The second-order valence-corrected chi connectivity index (χ2v) is 13.1. The third kappa shape index (κ3) is 5.33. The first-order valence-electron chi connectivity index (χ1n) is 13.1. The molecule has 9 N–H and O–H groups in total. The highest BCUT2D eigenvalue weighted by molar-refractivity contribution is 7.47. The molecule has 3 aliphatic heterocycles. The number of aliphatic hydroxyl groups is 2. The van der Waals surface area contributed by atoms with Crippen LogP contribution in [0.1, 0.15) is 12.5 Å². The topological polar surface area (TPSA) is 352 Å². The number of aromatic amines is 2. The van der Waals surface area contributed by atoms with E-state index in [4.69, 9.17) is 39.0 Å². The van der Waals surface area contributed by atoms with Gasteiger partial charge in [-0.1, -0.05) is 0 Å². The van der Waals surface area contributed by atoms with Crippen LogP contribution in [-0.4, -0.2) is 104 Å². The number of anilines is 2. The van der Waals surface area contributed by atoms with Crippen LogP contribution in [-0.2, 0) is 36.7 Å². The lowest BCUT2D eigenvalue weighted by Crippen LogP contribution is -2.40. The van der Waals surface area contributed by atoms with Crippen molar-refractivity contribution in [2.75, 3.05) is 24.7 Å². The van der Waals surface area contributed by atoms with Crippen LogP contribution in [0.2, 0.25) is 0 Å². The van der Waals surface area contributed by atoms with E-state index in [1.54, 1.807) is 0 Å². The van der Waals surface area contributed by atoms with Crippen molar-refractivity contribution < 1.29 is 56.7 Å². The molecule has 3 fully saturated rings. The third-order valence-corrected chi connectivity index (χ3v) is 9.33. The maximum atomic E-state index is 13.1. The summed E-state index contributed by atoms with van der Waals surface area (Å²) in [4.78, 5) is 68.2. The van der Waals surface area contributed by atoms with E-state index in [2.05, 4.69) is 29.9 Å². The number of aliphatic hydroxyl groups excluding tert-OH is 2. The molecular formula is C20H23N10O14P2-. The summed E-state index contributed by atoms with van der Waals surface area (Å²) >= 11 is 0. The molecule has 0 bridgehead atoms. The Labute approximate surface area is 253 Å². The molecule has 3 saturated heterocycles. The first-order valence-corrected chi connectivity index (χ1v) is 16.1. The maximum Gasteiger partial charge on any atom is 0.472 e. The van der Waals surface area contributed by atoms with E-state index in [0.717, 1.165) is 21.8 Å². The van der Waals surface area contributed by atoms with Gasteiger partial charge in [-0.25, -0.2) is 14.5 Å². The molecule has 0 aromatic carbocycles. The van der Waals surface area contributed by atoms with Crippen molar-refractivity contribution in [3.8, 4) is 0 Å². The van der Waals surface area contributed by atoms with Gasteiger partial charge in [0.25, 0.3) is 18.9 Å². The van der Waals surface area contributed by atoms with Crippen molar-refractivity contribution in [3.05, 3.63) is 33.4 Å². The Bertz CT molecular complexity index is 1900. The lowest BCUT2D eigenvalue weighted by Gasteiger charge is -2.32. The van der Waals surface area contributed by atoms with Crippen molar-refractivity contribution in [3.63, 3.8) is 0 Å². The summed E-state index contributed by atoms with van der Waals surface area (Å²) < 4.78 is 60.1. The number of hydrogen-bond acceptors (Lipinski definition) is 19. The number of nitrogens with one attached hydrogen (secondary N) is 2. The second kappa shape index (κ2) is 11.0. The Balaban J connectivity index is 1.18. The van der Waals surface area contributed by atoms with Crippen LogP contribution in [0.15, 0.2) is 22.2 Å². The Morgan fingerprint density at radius 1 is 0.826 bits per heavy atom. The number of rotatable bonds is 2. The molecule has 0 radical (unpaired) electrons. The fraction of sp³-hybridized carbons (Fsp3) is 0.500. The van der Waals surface area contributed by atoms with E-state index in [1.807, 2.05) is 0 Å². The fourth-order valence-corrected chi connectivity index (χ4v) is 7.30.